The van der Waals surface area contributed by atoms with E-state index in [2.05, 4.69) is 10.3 Å². The monoisotopic (exact) mass is 363 g/mol. The van der Waals surface area contributed by atoms with Gasteiger partial charge in [-0.2, -0.15) is 0 Å². The van der Waals surface area contributed by atoms with E-state index in [4.69, 9.17) is 15.2 Å². The van der Waals surface area contributed by atoms with Crippen molar-refractivity contribution in [3.05, 3.63) is 77.5 Å². The Morgan fingerprint density at radius 1 is 1.04 bits per heavy atom. The number of anilines is 1. The van der Waals surface area contributed by atoms with Crippen LogP contribution in [-0.4, -0.2) is 18.0 Å². The van der Waals surface area contributed by atoms with Gasteiger partial charge in [-0.25, -0.2) is 4.98 Å². The highest BCUT2D eigenvalue weighted by atomic mass is 16.5. The normalized spacial score (nSPS) is 10.3. The molecule has 0 aliphatic heterocycles. The standard InChI is InChI=1S/C21H21N3O3/c1-14-9-10-19(20(22)24-14)21(25)23-13-15-5-3-7-17(11-15)27-18-8-4-6-16(12-18)26-2/h3-12H,13H2,1-2H3,(H2,22,24)(H,23,25). The molecule has 3 rings (SSSR count). The molecule has 0 saturated carbocycles. The number of nitrogens with two attached hydrogens (primary N) is 1. The summed E-state index contributed by atoms with van der Waals surface area (Å²) in [6, 6.07) is 18.3. The molecule has 6 nitrogen and oxygen atoms in total. The zero-order valence-electron chi connectivity index (χ0n) is 15.2. The molecule has 0 saturated heterocycles. The molecule has 0 unspecified atom stereocenters. The second-order valence-corrected chi connectivity index (χ2v) is 6.00. The molecule has 3 aromatic rings. The van der Waals surface area contributed by atoms with Crippen molar-refractivity contribution in [3.63, 3.8) is 0 Å². The predicted octanol–water partition coefficient (Wildman–Crippen LogP) is 3.70. The Balaban J connectivity index is 1.66. The van der Waals surface area contributed by atoms with Gasteiger partial charge in [0.25, 0.3) is 5.91 Å². The van der Waals surface area contributed by atoms with E-state index in [0.717, 1.165) is 17.0 Å². The molecule has 0 fully saturated rings. The smallest absolute Gasteiger partial charge is 0.255 e. The molecule has 0 bridgehead atoms. The van der Waals surface area contributed by atoms with Gasteiger partial charge in [0.1, 0.15) is 23.1 Å². The summed E-state index contributed by atoms with van der Waals surface area (Å²) in [7, 11) is 1.61. The summed E-state index contributed by atoms with van der Waals surface area (Å²) in [4.78, 5) is 16.4. The molecular weight excluding hydrogens is 342 g/mol. The number of rotatable bonds is 6. The summed E-state index contributed by atoms with van der Waals surface area (Å²) in [6.07, 6.45) is 0. The van der Waals surface area contributed by atoms with Gasteiger partial charge in [0.05, 0.1) is 12.7 Å². The van der Waals surface area contributed by atoms with Gasteiger partial charge in [-0.05, 0) is 48.9 Å². The molecule has 0 aliphatic carbocycles. The molecule has 2 aromatic carbocycles. The topological polar surface area (TPSA) is 86.5 Å². The highest BCUT2D eigenvalue weighted by molar-refractivity contribution is 5.98. The number of aryl methyl sites for hydroxylation is 1. The summed E-state index contributed by atoms with van der Waals surface area (Å²) in [5, 5.41) is 2.85. The number of amides is 1. The van der Waals surface area contributed by atoms with Gasteiger partial charge in [-0.15, -0.1) is 0 Å². The van der Waals surface area contributed by atoms with Crippen molar-refractivity contribution >= 4 is 11.7 Å². The van der Waals surface area contributed by atoms with E-state index in [1.807, 2.05) is 55.5 Å². The Bertz CT molecular complexity index is 957. The van der Waals surface area contributed by atoms with Gasteiger partial charge in [0, 0.05) is 18.3 Å². The fourth-order valence-electron chi connectivity index (χ4n) is 2.57. The van der Waals surface area contributed by atoms with Crippen LogP contribution in [-0.2, 0) is 6.54 Å². The molecule has 27 heavy (non-hydrogen) atoms. The first-order valence-corrected chi connectivity index (χ1v) is 8.47. The zero-order valence-corrected chi connectivity index (χ0v) is 15.2. The number of pyridine rings is 1. The minimum atomic E-state index is -0.265. The van der Waals surface area contributed by atoms with Gasteiger partial charge >= 0.3 is 0 Å². The number of methoxy groups -OCH3 is 1. The molecule has 1 heterocycles. The molecule has 0 atom stereocenters. The van der Waals surface area contributed by atoms with Crippen molar-refractivity contribution < 1.29 is 14.3 Å². The van der Waals surface area contributed by atoms with E-state index in [9.17, 15) is 4.79 Å². The number of ether oxygens (including phenoxy) is 2. The summed E-state index contributed by atoms with van der Waals surface area (Å²) in [5.41, 5.74) is 7.86. The predicted molar refractivity (Wildman–Crippen MR) is 104 cm³/mol. The van der Waals surface area contributed by atoms with Crippen LogP contribution in [0.2, 0.25) is 0 Å². The number of nitrogen functional groups attached to an aromatic ring is 1. The molecule has 1 amide bonds. The fourth-order valence-corrected chi connectivity index (χ4v) is 2.57. The summed E-state index contributed by atoms with van der Waals surface area (Å²) >= 11 is 0. The Hall–Kier alpha value is -3.54. The van der Waals surface area contributed by atoms with Crippen molar-refractivity contribution in [2.24, 2.45) is 0 Å². The van der Waals surface area contributed by atoms with Crippen molar-refractivity contribution in [3.8, 4) is 17.2 Å². The maximum absolute atomic E-state index is 12.3. The first kappa shape index (κ1) is 18.3. The van der Waals surface area contributed by atoms with Crippen LogP contribution in [0.25, 0.3) is 0 Å². The van der Waals surface area contributed by atoms with Crippen LogP contribution >= 0.6 is 0 Å². The summed E-state index contributed by atoms with van der Waals surface area (Å²) in [5.74, 6) is 2.03. The zero-order chi connectivity index (χ0) is 19.2. The molecule has 0 spiro atoms. The third-order valence-electron chi connectivity index (χ3n) is 3.94. The molecular formula is C21H21N3O3. The van der Waals surface area contributed by atoms with Crippen LogP contribution in [0.4, 0.5) is 5.82 Å². The highest BCUT2D eigenvalue weighted by Crippen LogP contribution is 2.25. The molecule has 0 radical (unpaired) electrons. The summed E-state index contributed by atoms with van der Waals surface area (Å²) < 4.78 is 11.1. The van der Waals surface area contributed by atoms with Gasteiger partial charge in [-0.3, -0.25) is 4.79 Å². The first-order valence-electron chi connectivity index (χ1n) is 8.47. The van der Waals surface area contributed by atoms with Gasteiger partial charge in [0.2, 0.25) is 0 Å². The number of benzene rings is 2. The molecule has 1 aromatic heterocycles. The van der Waals surface area contributed by atoms with Crippen LogP contribution < -0.4 is 20.5 Å². The van der Waals surface area contributed by atoms with Crippen molar-refractivity contribution in [1.82, 2.24) is 10.3 Å². The van der Waals surface area contributed by atoms with Crippen LogP contribution in [0.3, 0.4) is 0 Å². The second-order valence-electron chi connectivity index (χ2n) is 6.00. The number of nitrogens with one attached hydrogen (secondary N) is 1. The minimum Gasteiger partial charge on any atom is -0.497 e. The lowest BCUT2D eigenvalue weighted by Crippen LogP contribution is -2.24. The van der Waals surface area contributed by atoms with E-state index in [1.54, 1.807) is 19.2 Å². The SMILES string of the molecule is COc1cccc(Oc2cccc(CNC(=O)c3ccc(C)nc3N)c2)c1. The number of hydrogen-bond donors (Lipinski definition) is 2. The third kappa shape index (κ3) is 4.76. The van der Waals surface area contributed by atoms with Crippen LogP contribution in [0.1, 0.15) is 21.6 Å². The highest BCUT2D eigenvalue weighted by Gasteiger charge is 2.10. The second kappa shape index (κ2) is 8.23. The largest absolute Gasteiger partial charge is 0.497 e. The van der Waals surface area contributed by atoms with E-state index < -0.39 is 0 Å². The molecule has 3 N–H and O–H groups in total. The van der Waals surface area contributed by atoms with Crippen LogP contribution in [0.15, 0.2) is 60.7 Å². The van der Waals surface area contributed by atoms with Crippen molar-refractivity contribution in [1.29, 1.82) is 0 Å². The van der Waals surface area contributed by atoms with Crippen LogP contribution in [0.5, 0.6) is 17.2 Å². The Labute approximate surface area is 158 Å². The van der Waals surface area contributed by atoms with Gasteiger partial charge in [-0.1, -0.05) is 18.2 Å². The van der Waals surface area contributed by atoms with E-state index >= 15 is 0 Å². The first-order chi connectivity index (χ1) is 13.0. The Kier molecular flexibility index (Phi) is 5.56. The fraction of sp³-hybridized carbons (Fsp3) is 0.143. The van der Waals surface area contributed by atoms with Crippen LogP contribution in [0, 0.1) is 6.92 Å². The molecule has 138 valence electrons. The van der Waals surface area contributed by atoms with Crippen molar-refractivity contribution in [2.45, 2.75) is 13.5 Å². The van der Waals surface area contributed by atoms with Gasteiger partial charge in [0.15, 0.2) is 0 Å². The number of aromatic nitrogens is 1. The van der Waals surface area contributed by atoms with E-state index in [0.29, 0.717) is 23.6 Å². The molecule has 6 heteroatoms. The maximum atomic E-state index is 12.3. The molecule has 0 aliphatic rings. The van der Waals surface area contributed by atoms with E-state index in [-0.39, 0.29) is 11.7 Å². The lowest BCUT2D eigenvalue weighted by Gasteiger charge is -2.10. The number of carbonyl (C=O) groups is 1. The minimum absolute atomic E-state index is 0.225. The third-order valence-corrected chi connectivity index (χ3v) is 3.94. The maximum Gasteiger partial charge on any atom is 0.255 e. The summed E-state index contributed by atoms with van der Waals surface area (Å²) in [6.45, 7) is 2.17. The quantitative estimate of drug-likeness (QED) is 0.697. The number of hydrogen-bond acceptors (Lipinski definition) is 5. The lowest BCUT2D eigenvalue weighted by atomic mass is 10.2. The Morgan fingerprint density at radius 3 is 2.48 bits per heavy atom. The number of carbonyl (C=O) groups excluding carboxylic acids is 1. The van der Waals surface area contributed by atoms with E-state index in [1.165, 1.54) is 0 Å². The lowest BCUT2D eigenvalue weighted by molar-refractivity contribution is 0.0951. The Morgan fingerprint density at radius 2 is 1.74 bits per heavy atom. The van der Waals surface area contributed by atoms with Gasteiger partial charge < -0.3 is 20.5 Å². The van der Waals surface area contributed by atoms with Crippen molar-refractivity contribution in [2.75, 3.05) is 12.8 Å². The average molecular weight is 363 g/mol. The average Bonchev–Trinajstić information content (AvgIpc) is 2.66. The number of nitrogens with zero attached hydrogens (tertiary/aromatic N) is 1.